The number of carbonyl (C=O) groups is 2. The average molecular weight is 365 g/mol. The Morgan fingerprint density at radius 1 is 1.04 bits per heavy atom. The van der Waals surface area contributed by atoms with E-state index in [0.717, 1.165) is 22.1 Å². The molecule has 1 fully saturated rings. The highest BCUT2D eigenvalue weighted by atomic mass is 32.2. The quantitative estimate of drug-likeness (QED) is 0.591. The highest BCUT2D eigenvalue weighted by Gasteiger charge is 2.25. The molecule has 25 heavy (non-hydrogen) atoms. The summed E-state index contributed by atoms with van der Waals surface area (Å²) in [5.41, 5.74) is 2.98. The van der Waals surface area contributed by atoms with Gasteiger partial charge in [-0.25, -0.2) is 9.97 Å². The van der Waals surface area contributed by atoms with Gasteiger partial charge in [-0.2, -0.15) is 0 Å². The Kier molecular flexibility index (Phi) is 6.81. The number of amides is 2. The summed E-state index contributed by atoms with van der Waals surface area (Å²) in [4.78, 5) is 37.2. The maximum atomic E-state index is 12.5. The molecule has 0 aliphatic carbocycles. The normalized spacial score (nSPS) is 15.0. The maximum absolute atomic E-state index is 12.5. The van der Waals surface area contributed by atoms with Crippen molar-refractivity contribution in [1.29, 1.82) is 0 Å². The lowest BCUT2D eigenvalue weighted by molar-refractivity contribution is -0.141. The molecule has 0 atom stereocenters. The second-order valence-corrected chi connectivity index (χ2v) is 7.49. The van der Waals surface area contributed by atoms with E-state index in [2.05, 4.69) is 9.97 Å². The molecule has 2 rings (SSSR count). The van der Waals surface area contributed by atoms with Crippen molar-refractivity contribution in [3.05, 3.63) is 17.0 Å². The molecule has 2 amide bonds. The zero-order chi connectivity index (χ0) is 18.6. The lowest BCUT2D eigenvalue weighted by Crippen LogP contribution is -2.51. The van der Waals surface area contributed by atoms with Crippen LogP contribution in [0.2, 0.25) is 0 Å². The molecule has 0 spiro atoms. The Hall–Kier alpha value is -1.63. The van der Waals surface area contributed by atoms with Crippen LogP contribution in [0.1, 0.15) is 37.2 Å². The molecule has 0 bridgehead atoms. The van der Waals surface area contributed by atoms with Crippen LogP contribution in [0, 0.1) is 19.8 Å². The van der Waals surface area contributed by atoms with E-state index in [-0.39, 0.29) is 17.7 Å². The molecular formula is C18H28N4O2S. The van der Waals surface area contributed by atoms with E-state index < -0.39 is 0 Å². The van der Waals surface area contributed by atoms with Crippen LogP contribution < -0.4 is 0 Å². The smallest absolute Gasteiger partial charge is 0.225 e. The Morgan fingerprint density at radius 2 is 1.56 bits per heavy atom. The summed E-state index contributed by atoms with van der Waals surface area (Å²) in [5, 5.41) is 0.774. The van der Waals surface area contributed by atoms with E-state index in [0.29, 0.717) is 39.0 Å². The van der Waals surface area contributed by atoms with Crippen LogP contribution in [0.15, 0.2) is 5.16 Å². The topological polar surface area (TPSA) is 66.4 Å². The second kappa shape index (κ2) is 8.65. The van der Waals surface area contributed by atoms with Crippen LogP contribution in [0.3, 0.4) is 0 Å². The number of piperazine rings is 1. The molecule has 1 aromatic rings. The van der Waals surface area contributed by atoms with Crippen molar-refractivity contribution >= 4 is 23.6 Å². The molecule has 1 aliphatic rings. The van der Waals surface area contributed by atoms with Crippen molar-refractivity contribution in [3.8, 4) is 0 Å². The molecule has 0 radical (unpaired) electrons. The van der Waals surface area contributed by atoms with Crippen molar-refractivity contribution in [3.63, 3.8) is 0 Å². The fraction of sp³-hybridized carbons (Fsp3) is 0.667. The molecule has 0 aromatic carbocycles. The van der Waals surface area contributed by atoms with Crippen molar-refractivity contribution in [2.75, 3.05) is 32.4 Å². The predicted molar refractivity (Wildman–Crippen MR) is 99.6 cm³/mol. The first-order valence-corrected chi connectivity index (χ1v) is 10.0. The van der Waals surface area contributed by atoms with Crippen LogP contribution in [0.25, 0.3) is 0 Å². The zero-order valence-electron chi connectivity index (χ0n) is 15.8. The number of thioether (sulfide) groups is 1. The van der Waals surface area contributed by atoms with Gasteiger partial charge in [0.25, 0.3) is 0 Å². The second-order valence-electron chi connectivity index (χ2n) is 6.72. The van der Waals surface area contributed by atoms with Gasteiger partial charge in [-0.1, -0.05) is 25.6 Å². The fourth-order valence-electron chi connectivity index (χ4n) is 3.09. The average Bonchev–Trinajstić information content (AvgIpc) is 2.59. The lowest BCUT2D eigenvalue weighted by atomic mass is 10.1. The zero-order valence-corrected chi connectivity index (χ0v) is 16.7. The lowest BCUT2D eigenvalue weighted by Gasteiger charge is -2.35. The Labute approximate surface area is 154 Å². The number of hydrogen-bond acceptors (Lipinski definition) is 5. The fourth-order valence-corrected chi connectivity index (χ4v) is 3.55. The number of carbonyl (C=O) groups excluding carboxylic acids is 2. The van der Waals surface area contributed by atoms with Gasteiger partial charge in [-0.05, 0) is 32.1 Å². The summed E-state index contributed by atoms with van der Waals surface area (Å²) < 4.78 is 0. The van der Waals surface area contributed by atoms with Crippen LogP contribution in [-0.2, 0) is 16.0 Å². The van der Waals surface area contributed by atoms with Gasteiger partial charge in [0.15, 0.2) is 5.16 Å². The van der Waals surface area contributed by atoms with Gasteiger partial charge in [0, 0.05) is 49.9 Å². The SMILES string of the molecule is CSc1nc(C)c(CCC(=O)N2CCN(C(=O)C(C)C)CC2)c(C)n1. The van der Waals surface area contributed by atoms with Crippen LogP contribution in [0.5, 0.6) is 0 Å². The highest BCUT2D eigenvalue weighted by Crippen LogP contribution is 2.18. The van der Waals surface area contributed by atoms with Gasteiger partial charge in [0.1, 0.15) is 0 Å². The molecule has 1 aromatic heterocycles. The van der Waals surface area contributed by atoms with E-state index >= 15 is 0 Å². The van der Waals surface area contributed by atoms with E-state index in [1.807, 2.05) is 43.8 Å². The van der Waals surface area contributed by atoms with Gasteiger partial charge in [0.2, 0.25) is 11.8 Å². The monoisotopic (exact) mass is 364 g/mol. The first kappa shape index (κ1) is 19.7. The first-order valence-electron chi connectivity index (χ1n) is 8.78. The molecule has 7 heteroatoms. The summed E-state index contributed by atoms with van der Waals surface area (Å²) in [7, 11) is 0. The minimum atomic E-state index is 0.0115. The number of hydrogen-bond donors (Lipinski definition) is 0. The summed E-state index contributed by atoms with van der Waals surface area (Å²) in [6.07, 6.45) is 3.08. The number of aryl methyl sites for hydroxylation is 2. The largest absolute Gasteiger partial charge is 0.339 e. The predicted octanol–water partition coefficient (Wildman–Crippen LogP) is 2.07. The third kappa shape index (κ3) is 4.93. The summed E-state index contributed by atoms with van der Waals surface area (Å²) in [5.74, 6) is 0.325. The first-order chi connectivity index (χ1) is 11.8. The van der Waals surface area contributed by atoms with Gasteiger partial charge in [0.05, 0.1) is 0 Å². The number of aromatic nitrogens is 2. The van der Waals surface area contributed by atoms with E-state index in [9.17, 15) is 9.59 Å². The molecule has 0 N–H and O–H groups in total. The minimum absolute atomic E-state index is 0.0115. The number of rotatable bonds is 5. The molecule has 6 nitrogen and oxygen atoms in total. The van der Waals surface area contributed by atoms with Crippen LogP contribution >= 0.6 is 11.8 Å². The third-order valence-corrected chi connectivity index (χ3v) is 5.16. The molecule has 0 saturated carbocycles. The van der Waals surface area contributed by atoms with E-state index in [1.165, 1.54) is 11.8 Å². The number of nitrogens with zero attached hydrogens (tertiary/aromatic N) is 4. The van der Waals surface area contributed by atoms with Gasteiger partial charge in [-0.3, -0.25) is 9.59 Å². The summed E-state index contributed by atoms with van der Waals surface area (Å²) >= 11 is 1.53. The molecular weight excluding hydrogens is 336 g/mol. The highest BCUT2D eigenvalue weighted by molar-refractivity contribution is 7.98. The standard InChI is InChI=1S/C18H28N4O2S/c1-12(2)17(24)22-10-8-21(9-11-22)16(23)7-6-15-13(3)19-18(25-5)20-14(15)4/h12H,6-11H2,1-5H3. The molecule has 138 valence electrons. The Bertz CT molecular complexity index is 617. The van der Waals surface area contributed by atoms with E-state index in [4.69, 9.17) is 0 Å². The maximum Gasteiger partial charge on any atom is 0.225 e. The van der Waals surface area contributed by atoms with Gasteiger partial charge < -0.3 is 9.80 Å². The van der Waals surface area contributed by atoms with Crippen LogP contribution in [-0.4, -0.2) is 64.0 Å². The Balaban J connectivity index is 1.89. The molecule has 1 saturated heterocycles. The van der Waals surface area contributed by atoms with Crippen molar-refractivity contribution < 1.29 is 9.59 Å². The molecule has 2 heterocycles. The summed E-state index contributed by atoms with van der Waals surface area (Å²) in [6, 6.07) is 0. The van der Waals surface area contributed by atoms with Crippen molar-refractivity contribution in [2.45, 2.75) is 45.7 Å². The van der Waals surface area contributed by atoms with Gasteiger partial charge >= 0.3 is 0 Å². The van der Waals surface area contributed by atoms with E-state index in [1.54, 1.807) is 0 Å². The van der Waals surface area contributed by atoms with Crippen molar-refractivity contribution in [2.24, 2.45) is 5.92 Å². The molecule has 1 aliphatic heterocycles. The van der Waals surface area contributed by atoms with Gasteiger partial charge in [-0.15, -0.1) is 0 Å². The Morgan fingerprint density at radius 3 is 2.04 bits per heavy atom. The van der Waals surface area contributed by atoms with Crippen LogP contribution in [0.4, 0.5) is 0 Å². The third-order valence-electron chi connectivity index (χ3n) is 4.61. The summed E-state index contributed by atoms with van der Waals surface area (Å²) in [6.45, 7) is 10.3. The van der Waals surface area contributed by atoms with Crippen molar-refractivity contribution in [1.82, 2.24) is 19.8 Å². The molecule has 0 unspecified atom stereocenters. The minimum Gasteiger partial charge on any atom is -0.339 e.